The van der Waals surface area contributed by atoms with E-state index >= 15 is 0 Å². The van der Waals surface area contributed by atoms with Crippen molar-refractivity contribution in [2.75, 3.05) is 57.9 Å². The zero-order valence-electron chi connectivity index (χ0n) is 19.2. The average molecular weight is 458 g/mol. The number of nitrogens with zero attached hydrogens (tertiary/aromatic N) is 2. The van der Waals surface area contributed by atoms with Crippen molar-refractivity contribution in [3.05, 3.63) is 54.1 Å². The van der Waals surface area contributed by atoms with Gasteiger partial charge in [0.15, 0.2) is 5.11 Å². The van der Waals surface area contributed by atoms with Crippen molar-refractivity contribution in [3.63, 3.8) is 0 Å². The highest BCUT2D eigenvalue weighted by atomic mass is 32.1. The number of anilines is 1. The van der Waals surface area contributed by atoms with Gasteiger partial charge in [-0.15, -0.1) is 0 Å². The molecule has 0 unspecified atom stereocenters. The highest BCUT2D eigenvalue weighted by Gasteiger charge is 2.14. The molecule has 0 radical (unpaired) electrons. The molecule has 7 heteroatoms. The number of morpholine rings is 1. The second kappa shape index (κ2) is 13.3. The Kier molecular flexibility index (Phi) is 10.1. The lowest BCUT2D eigenvalue weighted by Gasteiger charge is -2.29. The monoisotopic (exact) mass is 457 g/mol. The van der Waals surface area contributed by atoms with Crippen LogP contribution in [0.4, 0.5) is 5.69 Å². The summed E-state index contributed by atoms with van der Waals surface area (Å²) in [4.78, 5) is 4.70. The maximum Gasteiger partial charge on any atom is 0.173 e. The van der Waals surface area contributed by atoms with Crippen molar-refractivity contribution in [2.45, 2.75) is 26.8 Å². The smallest absolute Gasteiger partial charge is 0.173 e. The average Bonchev–Trinajstić information content (AvgIpc) is 2.82. The first-order valence-electron chi connectivity index (χ1n) is 11.5. The second-order valence-electron chi connectivity index (χ2n) is 7.69. The highest BCUT2D eigenvalue weighted by molar-refractivity contribution is 7.80. The van der Waals surface area contributed by atoms with Crippen molar-refractivity contribution >= 4 is 23.0 Å². The van der Waals surface area contributed by atoms with Gasteiger partial charge in [0.1, 0.15) is 11.5 Å². The molecule has 0 spiro atoms. The van der Waals surface area contributed by atoms with Crippen LogP contribution in [0.2, 0.25) is 0 Å². The maximum absolute atomic E-state index is 5.80. The molecule has 1 aliphatic heterocycles. The van der Waals surface area contributed by atoms with Crippen LogP contribution in [0.15, 0.2) is 48.5 Å². The Hall–Kier alpha value is -2.35. The van der Waals surface area contributed by atoms with Crippen LogP contribution < -0.4 is 14.8 Å². The minimum atomic E-state index is 0.657. The standard InChI is InChI=1S/C25H35N3O3S/c1-3-30-23-10-6-21(7-11-23)20-28(15-5-14-27-16-18-29-19-17-27)25(32)26-22-8-12-24(13-9-22)31-4-2/h6-13H,3-5,14-20H2,1-2H3,(H,26,32). The Morgan fingerprint density at radius 2 is 1.56 bits per heavy atom. The van der Waals surface area contributed by atoms with Gasteiger partial charge in [-0.1, -0.05) is 12.1 Å². The fraction of sp³-hybridized carbons (Fsp3) is 0.480. The molecule has 2 aromatic carbocycles. The van der Waals surface area contributed by atoms with Gasteiger partial charge in [0.05, 0.1) is 26.4 Å². The molecule has 0 aliphatic carbocycles. The van der Waals surface area contributed by atoms with Gasteiger partial charge in [-0.05, 0) is 74.4 Å². The molecule has 0 aromatic heterocycles. The summed E-state index contributed by atoms with van der Waals surface area (Å²) in [6.07, 6.45) is 1.04. The molecular formula is C25H35N3O3S. The van der Waals surface area contributed by atoms with E-state index < -0.39 is 0 Å². The summed E-state index contributed by atoms with van der Waals surface area (Å²) in [7, 11) is 0. The number of benzene rings is 2. The molecule has 0 atom stereocenters. The van der Waals surface area contributed by atoms with E-state index in [1.165, 1.54) is 5.56 Å². The summed E-state index contributed by atoms with van der Waals surface area (Å²) in [5.74, 6) is 1.76. The van der Waals surface area contributed by atoms with Gasteiger partial charge in [-0.3, -0.25) is 4.90 Å². The van der Waals surface area contributed by atoms with Gasteiger partial charge in [-0.25, -0.2) is 0 Å². The van der Waals surface area contributed by atoms with Gasteiger partial charge in [0, 0.05) is 38.4 Å². The van der Waals surface area contributed by atoms with E-state index in [9.17, 15) is 0 Å². The van der Waals surface area contributed by atoms with Gasteiger partial charge >= 0.3 is 0 Å². The van der Waals surface area contributed by atoms with Crippen LogP contribution >= 0.6 is 12.2 Å². The first-order valence-corrected chi connectivity index (χ1v) is 11.9. The first kappa shape index (κ1) is 24.3. The number of thiocarbonyl (C=S) groups is 1. The van der Waals surface area contributed by atoms with E-state index in [1.807, 2.05) is 50.2 Å². The second-order valence-corrected chi connectivity index (χ2v) is 8.08. The Morgan fingerprint density at radius 3 is 2.16 bits per heavy atom. The topological polar surface area (TPSA) is 46.2 Å². The molecule has 1 saturated heterocycles. The van der Waals surface area contributed by atoms with Crippen molar-refractivity contribution in [1.29, 1.82) is 0 Å². The zero-order valence-corrected chi connectivity index (χ0v) is 20.0. The molecule has 1 heterocycles. The summed E-state index contributed by atoms with van der Waals surface area (Å²) in [6.45, 7) is 11.7. The molecule has 0 bridgehead atoms. The van der Waals surface area contributed by atoms with Crippen molar-refractivity contribution < 1.29 is 14.2 Å². The first-order chi connectivity index (χ1) is 15.7. The third-order valence-electron chi connectivity index (χ3n) is 5.32. The van der Waals surface area contributed by atoms with Crippen LogP contribution in [0.25, 0.3) is 0 Å². The maximum atomic E-state index is 5.80. The molecule has 174 valence electrons. The SMILES string of the molecule is CCOc1ccc(CN(CCCN2CCOCC2)C(=S)Nc2ccc(OCC)cc2)cc1. The van der Waals surface area contributed by atoms with Crippen LogP contribution in [0.5, 0.6) is 11.5 Å². The number of ether oxygens (including phenoxy) is 3. The highest BCUT2D eigenvalue weighted by Crippen LogP contribution is 2.18. The number of rotatable bonds is 11. The van der Waals surface area contributed by atoms with Crippen molar-refractivity contribution in [1.82, 2.24) is 9.80 Å². The Balaban J connectivity index is 1.61. The summed E-state index contributed by atoms with van der Waals surface area (Å²) < 4.78 is 16.6. The summed E-state index contributed by atoms with van der Waals surface area (Å²) in [5, 5.41) is 4.12. The molecule has 2 aromatic rings. The number of nitrogens with one attached hydrogen (secondary N) is 1. The van der Waals surface area contributed by atoms with Gasteiger partial charge in [-0.2, -0.15) is 0 Å². The lowest BCUT2D eigenvalue weighted by Crippen LogP contribution is -2.40. The van der Waals surface area contributed by atoms with E-state index in [4.69, 9.17) is 26.4 Å². The van der Waals surface area contributed by atoms with E-state index in [1.54, 1.807) is 0 Å². The lowest BCUT2D eigenvalue weighted by molar-refractivity contribution is 0.0368. The van der Waals surface area contributed by atoms with Crippen LogP contribution in [-0.2, 0) is 11.3 Å². The summed E-state index contributed by atoms with van der Waals surface area (Å²) in [6, 6.07) is 16.2. The predicted octanol–water partition coefficient (Wildman–Crippen LogP) is 4.41. The Bertz CT molecular complexity index is 808. The molecular weight excluding hydrogens is 422 g/mol. The Morgan fingerprint density at radius 1 is 0.969 bits per heavy atom. The third-order valence-corrected chi connectivity index (χ3v) is 5.68. The molecule has 1 fully saturated rings. The van der Waals surface area contributed by atoms with Crippen molar-refractivity contribution in [2.24, 2.45) is 0 Å². The van der Waals surface area contributed by atoms with E-state index in [-0.39, 0.29) is 0 Å². The number of hydrogen-bond acceptors (Lipinski definition) is 5. The van der Waals surface area contributed by atoms with Crippen LogP contribution in [-0.4, -0.2) is 67.5 Å². The molecule has 1 aliphatic rings. The minimum absolute atomic E-state index is 0.657. The van der Waals surface area contributed by atoms with Crippen LogP contribution in [0.3, 0.4) is 0 Å². The summed E-state index contributed by atoms with van der Waals surface area (Å²) >= 11 is 5.80. The van der Waals surface area contributed by atoms with Crippen LogP contribution in [0.1, 0.15) is 25.8 Å². The van der Waals surface area contributed by atoms with Crippen molar-refractivity contribution in [3.8, 4) is 11.5 Å². The third kappa shape index (κ3) is 7.97. The largest absolute Gasteiger partial charge is 0.494 e. The van der Waals surface area contributed by atoms with E-state index in [2.05, 4.69) is 27.2 Å². The lowest BCUT2D eigenvalue weighted by atomic mass is 10.2. The normalized spacial score (nSPS) is 14.1. The minimum Gasteiger partial charge on any atom is -0.494 e. The Labute approximate surface area is 197 Å². The molecule has 32 heavy (non-hydrogen) atoms. The fourth-order valence-electron chi connectivity index (χ4n) is 3.64. The zero-order chi connectivity index (χ0) is 22.6. The molecule has 0 amide bonds. The quantitative estimate of drug-likeness (QED) is 0.502. The fourth-order valence-corrected chi connectivity index (χ4v) is 3.92. The predicted molar refractivity (Wildman–Crippen MR) is 134 cm³/mol. The van der Waals surface area contributed by atoms with Gasteiger partial charge < -0.3 is 24.4 Å². The van der Waals surface area contributed by atoms with Crippen LogP contribution in [0, 0.1) is 0 Å². The van der Waals surface area contributed by atoms with E-state index in [0.29, 0.717) is 13.2 Å². The molecule has 1 N–H and O–H groups in total. The van der Waals surface area contributed by atoms with Gasteiger partial charge in [0.2, 0.25) is 0 Å². The van der Waals surface area contributed by atoms with Gasteiger partial charge in [0.25, 0.3) is 0 Å². The molecule has 3 rings (SSSR count). The number of hydrogen-bond donors (Lipinski definition) is 1. The summed E-state index contributed by atoms with van der Waals surface area (Å²) in [5.41, 5.74) is 2.17. The van der Waals surface area contributed by atoms with E-state index in [0.717, 1.165) is 74.7 Å². The molecule has 0 saturated carbocycles. The molecule has 6 nitrogen and oxygen atoms in total.